The fraction of sp³-hybridized carbons (Fsp3) is 1.00. The Bertz CT molecular complexity index is 85.8. The fourth-order valence-electron chi connectivity index (χ4n) is 1.05. The third kappa shape index (κ3) is 2.42. The topological polar surface area (TPSA) is 55.5 Å². The number of halogens is 1. The molecule has 1 heterocycles. The second kappa shape index (κ2) is 4.91. The summed E-state index contributed by atoms with van der Waals surface area (Å²) in [6, 6.07) is 0. The van der Waals surface area contributed by atoms with Crippen LogP contribution in [0.3, 0.4) is 0 Å². The highest BCUT2D eigenvalue weighted by Gasteiger charge is 2.22. The Hall–Kier alpha value is 0.170. The summed E-state index contributed by atoms with van der Waals surface area (Å²) in [5, 5.41) is 9.15. The maximum absolute atomic E-state index is 9.15. The number of aliphatic hydroxyl groups excluding tert-OH is 1. The molecule has 0 spiro atoms. The van der Waals surface area contributed by atoms with Gasteiger partial charge in [0, 0.05) is 19.1 Å². The van der Waals surface area contributed by atoms with Gasteiger partial charge in [-0.15, -0.1) is 12.4 Å². The zero-order valence-electron chi connectivity index (χ0n) is 5.82. The summed E-state index contributed by atoms with van der Waals surface area (Å²) >= 11 is 0. The molecule has 1 aliphatic rings. The van der Waals surface area contributed by atoms with Crippen molar-refractivity contribution in [2.45, 2.75) is 12.5 Å². The first-order valence-electron chi connectivity index (χ1n) is 3.30. The largest absolute Gasteiger partial charge is 0.391 e. The molecule has 0 radical (unpaired) electrons. The van der Waals surface area contributed by atoms with Crippen LogP contribution in [-0.2, 0) is 4.74 Å². The lowest BCUT2D eigenvalue weighted by molar-refractivity contribution is 0.0978. The van der Waals surface area contributed by atoms with Crippen molar-refractivity contribution in [1.29, 1.82) is 0 Å². The van der Waals surface area contributed by atoms with Crippen LogP contribution in [0, 0.1) is 5.92 Å². The van der Waals surface area contributed by atoms with E-state index in [9.17, 15) is 0 Å². The first-order chi connectivity index (χ1) is 4.34. The minimum Gasteiger partial charge on any atom is -0.391 e. The molecule has 1 aliphatic heterocycles. The van der Waals surface area contributed by atoms with Crippen molar-refractivity contribution < 1.29 is 9.84 Å². The van der Waals surface area contributed by atoms with Crippen LogP contribution in [-0.4, -0.2) is 31.0 Å². The molecule has 1 fully saturated rings. The normalized spacial score (nSPS) is 27.6. The summed E-state index contributed by atoms with van der Waals surface area (Å²) in [6.45, 7) is 1.81. The Labute approximate surface area is 67.0 Å². The molecule has 1 saturated heterocycles. The third-order valence-electron chi connectivity index (χ3n) is 1.75. The van der Waals surface area contributed by atoms with Crippen LogP contribution in [0.25, 0.3) is 0 Å². The summed E-state index contributed by atoms with van der Waals surface area (Å²) in [4.78, 5) is 0. The number of rotatable bonds is 2. The molecule has 0 aromatic rings. The summed E-state index contributed by atoms with van der Waals surface area (Å²) in [7, 11) is 0. The van der Waals surface area contributed by atoms with Crippen LogP contribution < -0.4 is 5.73 Å². The second-order valence-electron chi connectivity index (χ2n) is 2.43. The highest BCUT2D eigenvalue weighted by molar-refractivity contribution is 5.85. The molecule has 4 heteroatoms. The van der Waals surface area contributed by atoms with E-state index in [-0.39, 0.29) is 24.4 Å². The van der Waals surface area contributed by atoms with Gasteiger partial charge in [-0.05, 0) is 6.42 Å². The van der Waals surface area contributed by atoms with Crippen molar-refractivity contribution in [3.05, 3.63) is 0 Å². The van der Waals surface area contributed by atoms with Crippen LogP contribution in [0.1, 0.15) is 6.42 Å². The smallest absolute Gasteiger partial charge is 0.0713 e. The summed E-state index contributed by atoms with van der Waals surface area (Å²) in [5.41, 5.74) is 5.25. The van der Waals surface area contributed by atoms with Crippen molar-refractivity contribution in [1.82, 2.24) is 0 Å². The van der Waals surface area contributed by atoms with Crippen LogP contribution in [0.2, 0.25) is 0 Å². The average Bonchev–Trinajstić information content (AvgIpc) is 2.37. The van der Waals surface area contributed by atoms with Crippen molar-refractivity contribution in [2.75, 3.05) is 19.8 Å². The van der Waals surface area contributed by atoms with Gasteiger partial charge in [0.15, 0.2) is 0 Å². The van der Waals surface area contributed by atoms with Crippen LogP contribution in [0.5, 0.6) is 0 Å². The van der Waals surface area contributed by atoms with Crippen LogP contribution in [0.4, 0.5) is 0 Å². The van der Waals surface area contributed by atoms with E-state index >= 15 is 0 Å². The van der Waals surface area contributed by atoms with Gasteiger partial charge in [0.25, 0.3) is 0 Å². The minimum atomic E-state index is -0.354. The van der Waals surface area contributed by atoms with E-state index in [1.165, 1.54) is 0 Å². The maximum atomic E-state index is 9.15. The van der Waals surface area contributed by atoms with Crippen molar-refractivity contribution in [3.63, 3.8) is 0 Å². The SMILES string of the molecule is Cl.NCC(O)C1CCOC1. The summed E-state index contributed by atoms with van der Waals surface area (Å²) < 4.78 is 5.06. The molecule has 1 rings (SSSR count). The highest BCUT2D eigenvalue weighted by atomic mass is 35.5. The van der Waals surface area contributed by atoms with Gasteiger partial charge in [-0.25, -0.2) is 0 Å². The predicted molar refractivity (Wildman–Crippen MR) is 41.2 cm³/mol. The van der Waals surface area contributed by atoms with Gasteiger partial charge < -0.3 is 15.6 Å². The van der Waals surface area contributed by atoms with Gasteiger partial charge in [0.2, 0.25) is 0 Å². The Morgan fingerprint density at radius 1 is 1.70 bits per heavy atom. The minimum absolute atomic E-state index is 0. The summed E-state index contributed by atoms with van der Waals surface area (Å²) in [6.07, 6.45) is 0.603. The maximum Gasteiger partial charge on any atom is 0.0713 e. The molecule has 2 atom stereocenters. The van der Waals surface area contributed by atoms with E-state index in [0.717, 1.165) is 13.0 Å². The monoisotopic (exact) mass is 167 g/mol. The molecule has 3 nitrogen and oxygen atoms in total. The lowest BCUT2D eigenvalue weighted by atomic mass is 10.0. The number of nitrogens with two attached hydrogens (primary N) is 1. The molecule has 0 aromatic heterocycles. The summed E-state index contributed by atoms with van der Waals surface area (Å²) in [5.74, 6) is 0.287. The van der Waals surface area contributed by atoms with Gasteiger partial charge in [-0.3, -0.25) is 0 Å². The Morgan fingerprint density at radius 3 is 2.80 bits per heavy atom. The Balaban J connectivity index is 0.000000810. The zero-order valence-corrected chi connectivity index (χ0v) is 6.64. The van der Waals surface area contributed by atoms with Crippen molar-refractivity contribution >= 4 is 12.4 Å². The average molecular weight is 168 g/mol. The number of hydrogen-bond donors (Lipinski definition) is 2. The van der Waals surface area contributed by atoms with Crippen LogP contribution >= 0.6 is 12.4 Å². The molecular weight excluding hydrogens is 154 g/mol. The number of aliphatic hydroxyl groups is 1. The molecular formula is C6H14ClNO2. The molecule has 10 heavy (non-hydrogen) atoms. The van der Waals surface area contributed by atoms with Gasteiger partial charge in [-0.1, -0.05) is 0 Å². The predicted octanol–water partition coefficient (Wildman–Crippen LogP) is -0.236. The van der Waals surface area contributed by atoms with E-state index in [0.29, 0.717) is 13.2 Å². The highest BCUT2D eigenvalue weighted by Crippen LogP contribution is 2.15. The van der Waals surface area contributed by atoms with E-state index in [1.807, 2.05) is 0 Å². The molecule has 2 unspecified atom stereocenters. The van der Waals surface area contributed by atoms with Crippen molar-refractivity contribution in [3.8, 4) is 0 Å². The molecule has 0 saturated carbocycles. The molecule has 0 aromatic carbocycles. The van der Waals surface area contributed by atoms with Gasteiger partial charge in [0.05, 0.1) is 12.7 Å². The molecule has 0 bridgehead atoms. The Morgan fingerprint density at radius 2 is 2.40 bits per heavy atom. The van der Waals surface area contributed by atoms with Gasteiger partial charge >= 0.3 is 0 Å². The molecule has 3 N–H and O–H groups in total. The Kier molecular flexibility index (Phi) is 4.99. The van der Waals surface area contributed by atoms with Gasteiger partial charge in [-0.2, -0.15) is 0 Å². The lowest BCUT2D eigenvalue weighted by Crippen LogP contribution is -2.28. The van der Waals surface area contributed by atoms with Crippen molar-refractivity contribution in [2.24, 2.45) is 11.7 Å². The molecule has 62 valence electrons. The van der Waals surface area contributed by atoms with Crippen LogP contribution in [0.15, 0.2) is 0 Å². The second-order valence-corrected chi connectivity index (χ2v) is 2.43. The molecule has 0 aliphatic carbocycles. The quantitative estimate of drug-likeness (QED) is 0.597. The lowest BCUT2D eigenvalue weighted by Gasteiger charge is -2.12. The van der Waals surface area contributed by atoms with E-state index < -0.39 is 0 Å². The standard InChI is InChI=1S/C6H13NO2.ClH/c7-3-6(8)5-1-2-9-4-5;/h5-6,8H,1-4,7H2;1H. The first-order valence-corrected chi connectivity index (χ1v) is 3.30. The number of ether oxygens (including phenoxy) is 1. The fourth-order valence-corrected chi connectivity index (χ4v) is 1.05. The van der Waals surface area contributed by atoms with E-state index in [2.05, 4.69) is 0 Å². The molecule has 0 amide bonds. The van der Waals surface area contributed by atoms with E-state index in [4.69, 9.17) is 15.6 Å². The van der Waals surface area contributed by atoms with E-state index in [1.54, 1.807) is 0 Å². The van der Waals surface area contributed by atoms with Gasteiger partial charge in [0.1, 0.15) is 0 Å². The zero-order chi connectivity index (χ0) is 6.69. The third-order valence-corrected chi connectivity index (χ3v) is 1.75. The number of hydrogen-bond acceptors (Lipinski definition) is 3. The first kappa shape index (κ1) is 10.2.